The highest BCUT2D eigenvalue weighted by Crippen LogP contribution is 2.13. The SMILES string of the molecule is CSCOCCC(CCOCSC)C(=O)O.CSCOCc1ccccc1C(=O)O.O=C(O)c1ccccc1.O=Cc1ccccc1S(=O)(=O)O. The van der Waals surface area contributed by atoms with Crippen LogP contribution in [0, 0.1) is 5.92 Å². The molecule has 3 aromatic rings. The summed E-state index contributed by atoms with van der Waals surface area (Å²) in [6, 6.07) is 20.6. The van der Waals surface area contributed by atoms with Crippen molar-refractivity contribution in [1.29, 1.82) is 0 Å². The molecule has 0 aliphatic rings. The standard InChI is InChI=1S/C10H20O4S2.C10H12O3S.C7H6O4S.C7H6O2/c1-15-7-13-5-3-9(10(11)12)4-6-14-8-16-2;1-14-7-13-6-8-4-2-3-5-9(8)10(11)12;8-5-6-3-1-2-4-7(6)12(9,10)11;8-7(9)6-4-2-1-3-5-6/h9H,3-8H2,1-2H3,(H,11,12);2-5H,6-7H2,1H3,(H,11,12);1-5H,(H,9,10,11);1-5H,(H,8,9). The van der Waals surface area contributed by atoms with Gasteiger partial charge in [0.2, 0.25) is 0 Å². The van der Waals surface area contributed by atoms with Gasteiger partial charge in [0.1, 0.15) is 4.90 Å². The van der Waals surface area contributed by atoms with Gasteiger partial charge in [0.05, 0.1) is 41.5 Å². The van der Waals surface area contributed by atoms with Gasteiger partial charge in [-0.1, -0.05) is 54.6 Å². The number of carboxylic acids is 3. The average Bonchev–Trinajstić information content (AvgIpc) is 3.12. The van der Waals surface area contributed by atoms with Gasteiger partial charge in [-0.15, -0.1) is 35.3 Å². The van der Waals surface area contributed by atoms with Gasteiger partial charge in [-0.05, 0) is 61.4 Å². The van der Waals surface area contributed by atoms with Gasteiger partial charge >= 0.3 is 17.9 Å². The molecule has 4 N–H and O–H groups in total. The third-order valence-electron chi connectivity index (χ3n) is 6.02. The Balaban J connectivity index is 0.000000664. The summed E-state index contributed by atoms with van der Waals surface area (Å²) in [6.07, 6.45) is 7.32. The molecule has 0 saturated carbocycles. The van der Waals surface area contributed by atoms with Crippen LogP contribution in [0.1, 0.15) is 49.5 Å². The zero-order chi connectivity index (χ0) is 38.5. The van der Waals surface area contributed by atoms with Gasteiger partial charge in [0, 0.05) is 18.8 Å². The number of carbonyl (C=O) groups excluding carboxylic acids is 1. The molecular formula is C34H44O13S4. The number of aromatic carboxylic acids is 2. The minimum absolute atomic E-state index is 0.0417. The maximum atomic E-state index is 10.9. The number of ether oxygens (including phenoxy) is 3. The molecule has 0 saturated heterocycles. The van der Waals surface area contributed by atoms with Crippen LogP contribution in [-0.2, 0) is 35.7 Å². The number of hydrogen-bond donors (Lipinski definition) is 4. The first-order chi connectivity index (χ1) is 24.3. The molecule has 17 heteroatoms. The summed E-state index contributed by atoms with van der Waals surface area (Å²) >= 11 is 4.74. The predicted molar refractivity (Wildman–Crippen MR) is 201 cm³/mol. The number of hydrogen-bond acceptors (Lipinski definition) is 12. The lowest BCUT2D eigenvalue weighted by Gasteiger charge is -2.12. The van der Waals surface area contributed by atoms with Gasteiger partial charge < -0.3 is 29.5 Å². The van der Waals surface area contributed by atoms with Crippen LogP contribution >= 0.6 is 35.3 Å². The van der Waals surface area contributed by atoms with Crippen molar-refractivity contribution in [3.63, 3.8) is 0 Å². The van der Waals surface area contributed by atoms with Gasteiger partial charge in [-0.25, -0.2) is 9.59 Å². The van der Waals surface area contributed by atoms with E-state index in [2.05, 4.69) is 0 Å². The van der Waals surface area contributed by atoms with Crippen molar-refractivity contribution in [2.45, 2.75) is 24.3 Å². The van der Waals surface area contributed by atoms with E-state index in [-0.39, 0.29) is 16.4 Å². The normalized spacial score (nSPS) is 10.4. The van der Waals surface area contributed by atoms with Crippen LogP contribution in [0.4, 0.5) is 0 Å². The van der Waals surface area contributed by atoms with Crippen molar-refractivity contribution in [1.82, 2.24) is 0 Å². The summed E-state index contributed by atoms with van der Waals surface area (Å²) in [6.45, 7) is 1.35. The highest BCUT2D eigenvalue weighted by Gasteiger charge is 2.17. The van der Waals surface area contributed by atoms with Gasteiger partial charge in [-0.3, -0.25) is 14.1 Å². The number of carbonyl (C=O) groups is 4. The summed E-state index contributed by atoms with van der Waals surface area (Å²) in [7, 11) is -4.28. The molecular weight excluding hydrogens is 745 g/mol. The number of aldehydes is 1. The van der Waals surface area contributed by atoms with Crippen LogP contribution in [0.5, 0.6) is 0 Å². The van der Waals surface area contributed by atoms with Crippen LogP contribution in [0.25, 0.3) is 0 Å². The number of aliphatic carboxylic acids is 1. The maximum absolute atomic E-state index is 10.9. The van der Waals surface area contributed by atoms with E-state index in [0.29, 0.717) is 73.5 Å². The molecule has 0 unspecified atom stereocenters. The van der Waals surface area contributed by atoms with Crippen LogP contribution in [-0.4, -0.2) is 102 Å². The largest absolute Gasteiger partial charge is 0.481 e. The zero-order valence-corrected chi connectivity index (χ0v) is 31.7. The molecule has 0 fully saturated rings. The fraction of sp³-hybridized carbons (Fsp3) is 0.353. The van der Waals surface area contributed by atoms with E-state index < -0.39 is 28.0 Å². The highest BCUT2D eigenvalue weighted by molar-refractivity contribution is 7.98. The Morgan fingerprint density at radius 1 is 0.706 bits per heavy atom. The molecule has 0 bridgehead atoms. The summed E-state index contributed by atoms with van der Waals surface area (Å²) < 4.78 is 45.6. The highest BCUT2D eigenvalue weighted by atomic mass is 32.2. The summed E-state index contributed by atoms with van der Waals surface area (Å²) in [5.74, 6) is -1.09. The lowest BCUT2D eigenvalue weighted by atomic mass is 10.0. The number of rotatable bonds is 19. The maximum Gasteiger partial charge on any atom is 0.336 e. The van der Waals surface area contributed by atoms with Crippen molar-refractivity contribution in [3.8, 4) is 0 Å². The number of benzene rings is 3. The minimum Gasteiger partial charge on any atom is -0.481 e. The second-order valence-corrected chi connectivity index (χ2v) is 13.6. The fourth-order valence-electron chi connectivity index (χ4n) is 3.61. The van der Waals surface area contributed by atoms with Gasteiger partial charge in [0.25, 0.3) is 10.1 Å². The second kappa shape index (κ2) is 29.2. The molecule has 0 aliphatic carbocycles. The van der Waals surface area contributed by atoms with Gasteiger partial charge in [0.15, 0.2) is 6.29 Å². The first-order valence-electron chi connectivity index (χ1n) is 14.9. The molecule has 0 radical (unpaired) electrons. The smallest absolute Gasteiger partial charge is 0.336 e. The molecule has 13 nitrogen and oxygen atoms in total. The Labute approximate surface area is 311 Å². The van der Waals surface area contributed by atoms with Crippen LogP contribution in [0.15, 0.2) is 83.8 Å². The van der Waals surface area contributed by atoms with E-state index in [4.69, 9.17) is 34.1 Å². The monoisotopic (exact) mass is 788 g/mol. The summed E-state index contributed by atoms with van der Waals surface area (Å²) in [5.41, 5.74) is 1.32. The summed E-state index contributed by atoms with van der Waals surface area (Å²) in [4.78, 5) is 41.8. The van der Waals surface area contributed by atoms with Crippen LogP contribution in [0.2, 0.25) is 0 Å². The average molecular weight is 789 g/mol. The number of carboxylic acid groups (broad SMARTS) is 3. The lowest BCUT2D eigenvalue weighted by Crippen LogP contribution is -2.18. The Kier molecular flexibility index (Phi) is 27.2. The molecule has 0 aliphatic heterocycles. The molecule has 51 heavy (non-hydrogen) atoms. The van der Waals surface area contributed by atoms with Crippen LogP contribution < -0.4 is 0 Å². The Morgan fingerprint density at radius 3 is 1.63 bits per heavy atom. The zero-order valence-electron chi connectivity index (χ0n) is 28.4. The van der Waals surface area contributed by atoms with Crippen molar-refractivity contribution in [2.75, 3.05) is 49.8 Å². The molecule has 282 valence electrons. The van der Waals surface area contributed by atoms with Gasteiger partial charge in [-0.2, -0.15) is 8.42 Å². The van der Waals surface area contributed by atoms with E-state index in [1.807, 2.05) is 24.8 Å². The van der Waals surface area contributed by atoms with E-state index >= 15 is 0 Å². The van der Waals surface area contributed by atoms with Crippen molar-refractivity contribution in [2.24, 2.45) is 5.92 Å². The molecule has 3 rings (SSSR count). The lowest BCUT2D eigenvalue weighted by molar-refractivity contribution is -0.143. The number of thioether (sulfide) groups is 3. The second-order valence-electron chi connectivity index (χ2n) is 9.76. The van der Waals surface area contributed by atoms with Crippen molar-refractivity contribution >= 4 is 69.6 Å². The van der Waals surface area contributed by atoms with E-state index in [0.717, 1.165) is 0 Å². The topological polar surface area (TPSA) is 211 Å². The quantitative estimate of drug-likeness (QED) is 0.0442. The first-order valence-corrected chi connectivity index (χ1v) is 20.5. The molecule has 0 heterocycles. The predicted octanol–water partition coefficient (Wildman–Crippen LogP) is 6.49. The molecule has 0 atom stereocenters. The summed E-state index contributed by atoms with van der Waals surface area (Å²) in [5, 5.41) is 26.2. The Bertz CT molecular complexity index is 1530. The fourth-order valence-corrected chi connectivity index (χ4v) is 5.09. The van der Waals surface area contributed by atoms with E-state index in [1.54, 1.807) is 83.8 Å². The third kappa shape index (κ3) is 22.9. The molecule has 0 amide bonds. The van der Waals surface area contributed by atoms with Crippen molar-refractivity contribution < 1.29 is 61.7 Å². The minimum atomic E-state index is -4.28. The van der Waals surface area contributed by atoms with E-state index in [9.17, 15) is 27.6 Å². The molecule has 3 aromatic carbocycles. The van der Waals surface area contributed by atoms with Crippen LogP contribution in [0.3, 0.4) is 0 Å². The Hall–Kier alpha value is -3.42. The van der Waals surface area contributed by atoms with Crippen molar-refractivity contribution in [3.05, 3.63) is 101 Å². The Morgan fingerprint density at radius 2 is 1.20 bits per heavy atom. The third-order valence-corrected chi connectivity index (χ3v) is 8.16. The molecule has 0 aromatic heterocycles. The van der Waals surface area contributed by atoms with E-state index in [1.165, 1.54) is 24.3 Å². The molecule has 0 spiro atoms. The first kappa shape index (κ1) is 47.6.